The number of hydrogen-bond donors (Lipinski definition) is 0. The smallest absolute Gasteiger partial charge is 0.218 e. The van der Waals surface area contributed by atoms with E-state index in [4.69, 9.17) is 22.3 Å². The summed E-state index contributed by atoms with van der Waals surface area (Å²) in [4.78, 5) is 0. The van der Waals surface area contributed by atoms with Crippen LogP contribution in [-0.4, -0.2) is 24.4 Å². The molecule has 1 rings (SSSR count). The van der Waals surface area contributed by atoms with Crippen LogP contribution in [0.25, 0.3) is 0 Å². The Morgan fingerprint density at radius 1 is 1.08 bits per heavy atom. The average Bonchev–Trinajstić information content (AvgIpc) is 2.05. The molecule has 0 aromatic rings. The first kappa shape index (κ1) is 9.13. The summed E-state index contributed by atoms with van der Waals surface area (Å²) in [6.07, 6.45) is 10.7. The van der Waals surface area contributed by atoms with Gasteiger partial charge in [-0.15, -0.1) is 12.8 Å². The largest absolute Gasteiger partial charge is 0.368 e. The van der Waals surface area contributed by atoms with Gasteiger partial charge in [0.15, 0.2) is 0 Å². The van der Waals surface area contributed by atoms with Crippen LogP contribution in [0.2, 0.25) is 0 Å². The fraction of sp³-hybridized carbons (Fsp3) is 0.600. The van der Waals surface area contributed by atoms with Gasteiger partial charge >= 0.3 is 0 Å². The van der Waals surface area contributed by atoms with E-state index >= 15 is 0 Å². The molecule has 0 aromatic carbocycles. The van der Waals surface area contributed by atoms with Crippen LogP contribution < -0.4 is 0 Å². The lowest BCUT2D eigenvalue weighted by atomic mass is 9.86. The summed E-state index contributed by atoms with van der Waals surface area (Å²) in [5.74, 6) is 4.95. The first-order valence-corrected chi connectivity index (χ1v) is 3.81. The van der Waals surface area contributed by atoms with Gasteiger partial charge in [-0.1, -0.05) is 11.8 Å². The lowest BCUT2D eigenvalue weighted by Gasteiger charge is -2.42. The Bertz CT molecular complexity index is 238. The van der Waals surface area contributed by atoms with Gasteiger partial charge < -0.3 is 9.47 Å². The minimum Gasteiger partial charge on any atom is -0.368 e. The molecule has 1 heterocycles. The zero-order valence-electron chi connectivity index (χ0n) is 7.39. The van der Waals surface area contributed by atoms with Crippen molar-refractivity contribution in [2.24, 2.45) is 0 Å². The second kappa shape index (κ2) is 2.83. The normalized spacial score (nSPS) is 25.3. The number of ether oxygens (including phenoxy) is 2. The summed E-state index contributed by atoms with van der Waals surface area (Å²) in [7, 11) is 0. The Kier molecular flexibility index (Phi) is 2.15. The Balaban J connectivity index is 3.02. The highest BCUT2D eigenvalue weighted by Gasteiger charge is 2.47. The maximum atomic E-state index is 5.45. The number of rotatable bonds is 0. The minimum absolute atomic E-state index is 0.456. The summed E-state index contributed by atoms with van der Waals surface area (Å²) in [5.41, 5.74) is -1.61. The Morgan fingerprint density at radius 3 is 1.92 bits per heavy atom. The molecule has 0 aliphatic carbocycles. The summed E-state index contributed by atoms with van der Waals surface area (Å²) < 4.78 is 10.8. The van der Waals surface area contributed by atoms with Crippen LogP contribution in [0.4, 0.5) is 0 Å². The highest BCUT2D eigenvalue weighted by molar-refractivity contribution is 5.32. The molecule has 1 aliphatic heterocycles. The van der Waals surface area contributed by atoms with E-state index in [-0.39, 0.29) is 0 Å². The Hall–Kier alpha value is -0.960. The van der Waals surface area contributed by atoms with Crippen LogP contribution in [0.1, 0.15) is 13.8 Å². The first-order valence-electron chi connectivity index (χ1n) is 3.81. The van der Waals surface area contributed by atoms with Crippen LogP contribution in [0.15, 0.2) is 0 Å². The van der Waals surface area contributed by atoms with E-state index in [0.29, 0.717) is 13.2 Å². The summed E-state index contributed by atoms with van der Waals surface area (Å²) in [6, 6.07) is 0. The molecular weight excluding hydrogens is 152 g/mol. The number of terminal acetylenes is 2. The van der Waals surface area contributed by atoms with E-state index < -0.39 is 11.2 Å². The summed E-state index contributed by atoms with van der Waals surface area (Å²) in [6.45, 7) is 4.67. The van der Waals surface area contributed by atoms with Gasteiger partial charge in [0.1, 0.15) is 5.60 Å². The molecule has 1 aliphatic rings. The van der Waals surface area contributed by atoms with Gasteiger partial charge in [0.25, 0.3) is 0 Å². The summed E-state index contributed by atoms with van der Waals surface area (Å²) in [5, 5.41) is 0. The zero-order valence-corrected chi connectivity index (χ0v) is 7.39. The molecule has 0 unspecified atom stereocenters. The molecule has 0 atom stereocenters. The molecule has 0 spiro atoms. The van der Waals surface area contributed by atoms with E-state index in [1.165, 1.54) is 0 Å². The van der Waals surface area contributed by atoms with Crippen molar-refractivity contribution in [1.82, 2.24) is 0 Å². The van der Waals surface area contributed by atoms with Crippen molar-refractivity contribution in [2.45, 2.75) is 25.0 Å². The third-order valence-corrected chi connectivity index (χ3v) is 2.12. The number of hydrogen-bond acceptors (Lipinski definition) is 2. The second-order valence-electron chi connectivity index (χ2n) is 3.18. The van der Waals surface area contributed by atoms with Crippen LogP contribution in [0.5, 0.6) is 0 Å². The van der Waals surface area contributed by atoms with Crippen LogP contribution in [0, 0.1) is 24.7 Å². The Morgan fingerprint density at radius 2 is 1.58 bits per heavy atom. The molecule has 2 nitrogen and oxygen atoms in total. The fourth-order valence-electron chi connectivity index (χ4n) is 1.24. The molecule has 1 fully saturated rings. The lowest BCUT2D eigenvalue weighted by molar-refractivity contribution is -0.195. The average molecular weight is 164 g/mol. The topological polar surface area (TPSA) is 18.5 Å². The molecular formula is C10H12O2. The molecule has 0 radical (unpaired) electrons. The molecule has 0 N–H and O–H groups in total. The molecule has 0 bridgehead atoms. The quantitative estimate of drug-likeness (QED) is 0.493. The van der Waals surface area contributed by atoms with Gasteiger partial charge in [0, 0.05) is 0 Å². The standard InChI is InChI=1S/C10H12O2/c1-5-10(6-2)9(3,4)11-7-8-12-10/h1-2H,7-8H2,3-4H3. The molecule has 0 aromatic heterocycles. The Labute approximate surface area is 73.2 Å². The van der Waals surface area contributed by atoms with Crippen molar-refractivity contribution in [3.05, 3.63) is 0 Å². The third kappa shape index (κ3) is 1.10. The van der Waals surface area contributed by atoms with Crippen molar-refractivity contribution in [3.8, 4) is 24.7 Å². The predicted molar refractivity (Wildman–Crippen MR) is 46.4 cm³/mol. The maximum absolute atomic E-state index is 5.45. The van der Waals surface area contributed by atoms with E-state index in [9.17, 15) is 0 Å². The molecule has 12 heavy (non-hydrogen) atoms. The van der Waals surface area contributed by atoms with E-state index in [1.54, 1.807) is 0 Å². The van der Waals surface area contributed by atoms with Gasteiger partial charge in [-0.25, -0.2) is 0 Å². The van der Waals surface area contributed by atoms with E-state index in [2.05, 4.69) is 11.8 Å². The molecule has 0 amide bonds. The first-order chi connectivity index (χ1) is 5.58. The second-order valence-corrected chi connectivity index (χ2v) is 3.18. The van der Waals surface area contributed by atoms with Gasteiger partial charge in [0.05, 0.1) is 13.2 Å². The SMILES string of the molecule is C#CC1(C#C)OCCOC1(C)C. The summed E-state index contributed by atoms with van der Waals surface area (Å²) >= 11 is 0. The molecule has 0 saturated carbocycles. The molecule has 64 valence electrons. The van der Waals surface area contributed by atoms with Gasteiger partial charge in [-0.2, -0.15) is 0 Å². The molecule has 1 saturated heterocycles. The minimum atomic E-state index is -1.01. The monoisotopic (exact) mass is 164 g/mol. The van der Waals surface area contributed by atoms with Crippen molar-refractivity contribution in [2.75, 3.05) is 13.2 Å². The van der Waals surface area contributed by atoms with Crippen molar-refractivity contribution in [3.63, 3.8) is 0 Å². The zero-order chi connectivity index (χ0) is 9.24. The van der Waals surface area contributed by atoms with E-state index in [0.717, 1.165) is 0 Å². The third-order valence-electron chi connectivity index (χ3n) is 2.12. The highest BCUT2D eigenvalue weighted by atomic mass is 16.6. The van der Waals surface area contributed by atoms with Crippen molar-refractivity contribution in [1.29, 1.82) is 0 Å². The maximum Gasteiger partial charge on any atom is 0.218 e. The molecule has 2 heteroatoms. The van der Waals surface area contributed by atoms with Crippen LogP contribution in [0.3, 0.4) is 0 Å². The lowest BCUT2D eigenvalue weighted by Crippen LogP contribution is -2.56. The van der Waals surface area contributed by atoms with Crippen LogP contribution in [-0.2, 0) is 9.47 Å². The predicted octanol–water partition coefficient (Wildman–Crippen LogP) is 0.817. The van der Waals surface area contributed by atoms with Crippen LogP contribution >= 0.6 is 0 Å². The highest BCUT2D eigenvalue weighted by Crippen LogP contribution is 2.31. The van der Waals surface area contributed by atoms with Crippen molar-refractivity contribution >= 4 is 0 Å². The van der Waals surface area contributed by atoms with Crippen molar-refractivity contribution < 1.29 is 9.47 Å². The van der Waals surface area contributed by atoms with E-state index in [1.807, 2.05) is 13.8 Å². The fourth-order valence-corrected chi connectivity index (χ4v) is 1.24. The van der Waals surface area contributed by atoms with Gasteiger partial charge in [0.2, 0.25) is 5.60 Å². The van der Waals surface area contributed by atoms with Gasteiger partial charge in [-0.05, 0) is 13.8 Å². The van der Waals surface area contributed by atoms with Gasteiger partial charge in [-0.3, -0.25) is 0 Å².